The number of esters is 1. The van der Waals surface area contributed by atoms with E-state index >= 15 is 0 Å². The fourth-order valence-corrected chi connectivity index (χ4v) is 3.13. The van der Waals surface area contributed by atoms with Gasteiger partial charge in [0.1, 0.15) is 0 Å². The van der Waals surface area contributed by atoms with E-state index in [9.17, 15) is 18.0 Å². The van der Waals surface area contributed by atoms with E-state index in [0.29, 0.717) is 16.9 Å². The lowest BCUT2D eigenvalue weighted by Crippen LogP contribution is -2.41. The predicted molar refractivity (Wildman–Crippen MR) is 113 cm³/mol. The number of nitrogens with one attached hydrogen (secondary N) is 1. The van der Waals surface area contributed by atoms with E-state index in [1.807, 2.05) is 0 Å². The van der Waals surface area contributed by atoms with Crippen molar-refractivity contribution in [1.82, 2.24) is 0 Å². The Balaban J connectivity index is 1.90. The van der Waals surface area contributed by atoms with Gasteiger partial charge < -0.3 is 19.4 Å². The normalized spacial score (nSPS) is 17.5. The Hall–Kier alpha value is -2.52. The largest absolute Gasteiger partial charge is 0.495 e. The molecule has 0 amide bonds. The van der Waals surface area contributed by atoms with Gasteiger partial charge in [-0.3, -0.25) is 0 Å². The molecule has 166 valence electrons. The molecule has 1 aliphatic rings. The van der Waals surface area contributed by atoms with Gasteiger partial charge in [-0.15, -0.1) is 0 Å². The fraction of sp³-hybridized carbons (Fsp3) is 0.409. The van der Waals surface area contributed by atoms with Gasteiger partial charge in [-0.25, -0.2) is 4.79 Å². The second-order valence-corrected chi connectivity index (χ2v) is 8.31. The third-order valence-corrected chi connectivity index (χ3v) is 5.55. The third kappa shape index (κ3) is 4.88. The minimum Gasteiger partial charge on any atom is -0.462 e. The molecular weight excluding hydrogens is 410 g/mol. The molecule has 0 unspecified atom stereocenters. The lowest BCUT2D eigenvalue weighted by Gasteiger charge is -2.32. The van der Waals surface area contributed by atoms with Crippen molar-refractivity contribution in [2.45, 2.75) is 52.0 Å². The van der Waals surface area contributed by atoms with Gasteiger partial charge in [0, 0.05) is 11.4 Å². The minimum atomic E-state index is -4.56. The molecule has 5 nitrogen and oxygen atoms in total. The number of hydrogen-bond acceptors (Lipinski definition) is 5. The van der Waals surface area contributed by atoms with Crippen LogP contribution in [0.25, 0.3) is 0 Å². The predicted octanol–water partition coefficient (Wildman–Crippen LogP) is 4.92. The number of carbonyl (C=O) groups excluding carboxylic acids is 1. The van der Waals surface area contributed by atoms with Crippen LogP contribution in [0.15, 0.2) is 42.5 Å². The zero-order chi connectivity index (χ0) is 23.0. The van der Waals surface area contributed by atoms with Crippen LogP contribution in [0.3, 0.4) is 0 Å². The average Bonchev–Trinajstić information content (AvgIpc) is 2.89. The highest BCUT2D eigenvalue weighted by atomic mass is 19.4. The van der Waals surface area contributed by atoms with Crippen molar-refractivity contribution >= 4 is 29.9 Å². The maximum Gasteiger partial charge on any atom is 0.495 e. The lowest BCUT2D eigenvalue weighted by molar-refractivity contribution is -0.136. The van der Waals surface area contributed by atoms with Gasteiger partial charge in [-0.05, 0) is 82.5 Å². The molecule has 2 aromatic carbocycles. The first-order valence-electron chi connectivity index (χ1n) is 9.95. The van der Waals surface area contributed by atoms with Crippen molar-refractivity contribution in [3.63, 3.8) is 0 Å². The number of anilines is 2. The zero-order valence-corrected chi connectivity index (χ0v) is 18.1. The minimum absolute atomic E-state index is 0.0979. The first kappa shape index (κ1) is 23.2. The molecule has 0 aliphatic carbocycles. The molecule has 1 saturated heterocycles. The lowest BCUT2D eigenvalue weighted by atomic mass is 9.75. The summed E-state index contributed by atoms with van der Waals surface area (Å²) < 4.78 is 57.6. The number of hydrogen-bond donors (Lipinski definition) is 1. The molecule has 0 aromatic heterocycles. The van der Waals surface area contributed by atoms with Crippen molar-refractivity contribution in [1.29, 1.82) is 0 Å². The van der Waals surface area contributed by atoms with Crippen LogP contribution in [0.1, 0.15) is 50.5 Å². The van der Waals surface area contributed by atoms with Crippen LogP contribution in [0.2, 0.25) is 0 Å². The summed E-state index contributed by atoms with van der Waals surface area (Å²) in [4.78, 5) is 11.8. The standard InChI is InChI=1S/C22H25BF3NO4/c1-6-29-19(28)14-7-9-15(10-8-14)27-16-11-12-17(22(24,25)26)18(13-16)23-30-20(2,3)21(4,5)31-23/h7-13,27H,6H2,1-5H3. The fourth-order valence-electron chi connectivity index (χ4n) is 3.13. The Morgan fingerprint density at radius 1 is 1.00 bits per heavy atom. The zero-order valence-electron chi connectivity index (χ0n) is 18.1. The summed E-state index contributed by atoms with van der Waals surface area (Å²) in [5.41, 5.74) is -1.03. The SMILES string of the molecule is CCOC(=O)c1ccc(Nc2ccc(C(F)(F)F)c(B3OC(C)(C)C(C)(C)O3)c2)cc1. The number of carbonyl (C=O) groups is 1. The van der Waals surface area contributed by atoms with E-state index in [0.717, 1.165) is 6.07 Å². The van der Waals surface area contributed by atoms with Crippen LogP contribution in [-0.4, -0.2) is 30.9 Å². The van der Waals surface area contributed by atoms with Crippen molar-refractivity contribution in [3.05, 3.63) is 53.6 Å². The number of alkyl halides is 3. The maximum atomic E-state index is 13.7. The van der Waals surface area contributed by atoms with E-state index in [2.05, 4.69) is 5.32 Å². The van der Waals surface area contributed by atoms with Gasteiger partial charge in [0.05, 0.1) is 28.9 Å². The van der Waals surface area contributed by atoms with Crippen LogP contribution in [0.5, 0.6) is 0 Å². The summed E-state index contributed by atoms with van der Waals surface area (Å²) in [7, 11) is -1.16. The molecule has 1 fully saturated rings. The van der Waals surface area contributed by atoms with Crippen molar-refractivity contribution in [3.8, 4) is 0 Å². The smallest absolute Gasteiger partial charge is 0.462 e. The average molecular weight is 435 g/mol. The molecule has 0 saturated carbocycles. The summed E-state index contributed by atoms with van der Waals surface area (Å²) in [5.74, 6) is -0.438. The first-order chi connectivity index (χ1) is 14.3. The molecule has 0 atom stereocenters. The Labute approximate surface area is 180 Å². The molecular formula is C22H25BF3NO4. The Morgan fingerprint density at radius 3 is 2.06 bits per heavy atom. The summed E-state index contributed by atoms with van der Waals surface area (Å²) >= 11 is 0. The molecule has 3 rings (SSSR count). The van der Waals surface area contributed by atoms with Crippen LogP contribution in [0, 0.1) is 0 Å². The second kappa shape index (κ2) is 8.20. The van der Waals surface area contributed by atoms with Gasteiger partial charge in [0.25, 0.3) is 0 Å². The topological polar surface area (TPSA) is 56.8 Å². The number of rotatable bonds is 5. The summed E-state index contributed by atoms with van der Waals surface area (Å²) in [6.45, 7) is 9.13. The van der Waals surface area contributed by atoms with Gasteiger partial charge in [-0.2, -0.15) is 13.2 Å². The highest BCUT2D eigenvalue weighted by Gasteiger charge is 2.53. The number of ether oxygens (including phenoxy) is 1. The van der Waals surface area contributed by atoms with E-state index in [-0.39, 0.29) is 12.1 Å². The summed E-state index contributed by atoms with van der Waals surface area (Å²) in [5, 5.41) is 3.06. The molecule has 0 spiro atoms. The van der Waals surface area contributed by atoms with Crippen LogP contribution in [-0.2, 0) is 20.2 Å². The van der Waals surface area contributed by atoms with Crippen molar-refractivity contribution in [2.24, 2.45) is 0 Å². The molecule has 2 aromatic rings. The van der Waals surface area contributed by atoms with Crippen molar-refractivity contribution in [2.75, 3.05) is 11.9 Å². The molecule has 0 radical (unpaired) electrons. The number of halogens is 3. The first-order valence-corrected chi connectivity index (χ1v) is 9.95. The molecule has 0 bridgehead atoms. The second-order valence-electron chi connectivity index (χ2n) is 8.31. The molecule has 1 heterocycles. The summed E-state index contributed by atoms with van der Waals surface area (Å²) in [6.07, 6.45) is -4.56. The van der Waals surface area contributed by atoms with E-state index in [4.69, 9.17) is 14.0 Å². The van der Waals surface area contributed by atoms with Gasteiger partial charge in [0.2, 0.25) is 0 Å². The monoisotopic (exact) mass is 435 g/mol. The molecule has 31 heavy (non-hydrogen) atoms. The summed E-state index contributed by atoms with van der Waals surface area (Å²) in [6, 6.07) is 10.2. The highest BCUT2D eigenvalue weighted by molar-refractivity contribution is 6.62. The van der Waals surface area contributed by atoms with Gasteiger partial charge in [0.15, 0.2) is 0 Å². The Morgan fingerprint density at radius 2 is 1.55 bits per heavy atom. The maximum absolute atomic E-state index is 13.7. The van der Waals surface area contributed by atoms with E-state index in [1.54, 1.807) is 58.9 Å². The van der Waals surface area contributed by atoms with E-state index in [1.165, 1.54) is 12.1 Å². The number of benzene rings is 2. The van der Waals surface area contributed by atoms with Crippen LogP contribution >= 0.6 is 0 Å². The molecule has 1 aliphatic heterocycles. The highest BCUT2D eigenvalue weighted by Crippen LogP contribution is 2.38. The van der Waals surface area contributed by atoms with Crippen molar-refractivity contribution < 1.29 is 32.0 Å². The van der Waals surface area contributed by atoms with Gasteiger partial charge in [-0.1, -0.05) is 0 Å². The van der Waals surface area contributed by atoms with E-state index < -0.39 is 36.0 Å². The Bertz CT molecular complexity index is 942. The van der Waals surface area contributed by atoms with Crippen LogP contribution < -0.4 is 10.8 Å². The van der Waals surface area contributed by atoms with Gasteiger partial charge >= 0.3 is 19.3 Å². The Kier molecular flexibility index (Phi) is 6.13. The molecule has 9 heteroatoms. The molecule has 1 N–H and O–H groups in total. The quantitative estimate of drug-likeness (QED) is 0.534. The van der Waals surface area contributed by atoms with Crippen LogP contribution in [0.4, 0.5) is 24.5 Å². The third-order valence-electron chi connectivity index (χ3n) is 5.55.